The van der Waals surface area contributed by atoms with E-state index >= 15 is 0 Å². The first kappa shape index (κ1) is 18.1. The number of carbonyl (C=O) groups excluding carboxylic acids is 2. The summed E-state index contributed by atoms with van der Waals surface area (Å²) in [6.45, 7) is 2.10. The van der Waals surface area contributed by atoms with Crippen LogP contribution in [0.2, 0.25) is 0 Å². The van der Waals surface area contributed by atoms with E-state index in [4.69, 9.17) is 4.74 Å². The SMILES string of the molecule is CCOC(=O)/C=C/c1ccc(NC(=O)c2ccc(-n3cncn3)cc2)cc1. The maximum atomic E-state index is 12.4. The lowest BCUT2D eigenvalue weighted by Crippen LogP contribution is -2.11. The van der Waals surface area contributed by atoms with E-state index in [-0.39, 0.29) is 11.9 Å². The number of rotatable bonds is 6. The van der Waals surface area contributed by atoms with E-state index in [1.54, 1.807) is 72.5 Å². The first-order valence-electron chi connectivity index (χ1n) is 8.37. The Balaban J connectivity index is 1.61. The molecule has 136 valence electrons. The van der Waals surface area contributed by atoms with Crippen molar-refractivity contribution in [3.05, 3.63) is 78.4 Å². The van der Waals surface area contributed by atoms with Crippen LogP contribution in [0.25, 0.3) is 11.8 Å². The number of benzene rings is 2. The predicted molar refractivity (Wildman–Crippen MR) is 101 cm³/mol. The minimum absolute atomic E-state index is 0.213. The Morgan fingerprint density at radius 2 is 1.85 bits per heavy atom. The van der Waals surface area contributed by atoms with Gasteiger partial charge in [-0.2, -0.15) is 5.10 Å². The minimum Gasteiger partial charge on any atom is -0.463 e. The first-order valence-corrected chi connectivity index (χ1v) is 8.37. The molecule has 3 aromatic rings. The van der Waals surface area contributed by atoms with Crippen molar-refractivity contribution >= 4 is 23.6 Å². The molecule has 1 amide bonds. The van der Waals surface area contributed by atoms with Crippen molar-refractivity contribution in [3.63, 3.8) is 0 Å². The molecule has 0 aliphatic rings. The molecule has 7 heteroatoms. The van der Waals surface area contributed by atoms with Gasteiger partial charge < -0.3 is 10.1 Å². The molecule has 0 saturated heterocycles. The zero-order valence-electron chi connectivity index (χ0n) is 14.7. The second-order valence-corrected chi connectivity index (χ2v) is 5.55. The molecule has 0 atom stereocenters. The fraction of sp³-hybridized carbons (Fsp3) is 0.100. The summed E-state index contributed by atoms with van der Waals surface area (Å²) in [6, 6.07) is 14.2. The maximum Gasteiger partial charge on any atom is 0.330 e. The smallest absolute Gasteiger partial charge is 0.330 e. The van der Waals surface area contributed by atoms with E-state index in [1.807, 2.05) is 0 Å². The molecule has 7 nitrogen and oxygen atoms in total. The normalized spacial score (nSPS) is 10.7. The predicted octanol–water partition coefficient (Wildman–Crippen LogP) is 3.10. The summed E-state index contributed by atoms with van der Waals surface area (Å²) in [4.78, 5) is 27.6. The number of carbonyl (C=O) groups is 2. The van der Waals surface area contributed by atoms with Crippen LogP contribution in [0.3, 0.4) is 0 Å². The van der Waals surface area contributed by atoms with Crippen molar-refractivity contribution in [2.75, 3.05) is 11.9 Å². The van der Waals surface area contributed by atoms with Crippen LogP contribution in [0.1, 0.15) is 22.8 Å². The van der Waals surface area contributed by atoms with Crippen LogP contribution in [0.4, 0.5) is 5.69 Å². The quantitative estimate of drug-likeness (QED) is 0.538. The largest absolute Gasteiger partial charge is 0.463 e. The van der Waals surface area contributed by atoms with E-state index in [2.05, 4.69) is 15.4 Å². The third-order valence-corrected chi connectivity index (χ3v) is 3.68. The van der Waals surface area contributed by atoms with Crippen molar-refractivity contribution < 1.29 is 14.3 Å². The Hall–Kier alpha value is -3.74. The number of anilines is 1. The average Bonchev–Trinajstić information content (AvgIpc) is 3.23. The third kappa shape index (κ3) is 4.88. The topological polar surface area (TPSA) is 86.1 Å². The lowest BCUT2D eigenvalue weighted by atomic mass is 10.1. The van der Waals surface area contributed by atoms with Gasteiger partial charge in [0.25, 0.3) is 5.91 Å². The van der Waals surface area contributed by atoms with Gasteiger partial charge in [0, 0.05) is 17.3 Å². The number of esters is 1. The molecule has 0 aliphatic carbocycles. The molecule has 1 heterocycles. The monoisotopic (exact) mass is 362 g/mol. The highest BCUT2D eigenvalue weighted by molar-refractivity contribution is 6.04. The lowest BCUT2D eigenvalue weighted by Gasteiger charge is -2.07. The summed E-state index contributed by atoms with van der Waals surface area (Å²) in [5.74, 6) is -0.598. The molecule has 0 spiro atoms. The highest BCUT2D eigenvalue weighted by atomic mass is 16.5. The number of aromatic nitrogens is 3. The van der Waals surface area contributed by atoms with Crippen molar-refractivity contribution in [1.29, 1.82) is 0 Å². The van der Waals surface area contributed by atoms with Gasteiger partial charge in [-0.05, 0) is 55.0 Å². The second-order valence-electron chi connectivity index (χ2n) is 5.55. The zero-order valence-corrected chi connectivity index (χ0v) is 14.7. The Morgan fingerprint density at radius 1 is 1.11 bits per heavy atom. The Bertz CT molecular complexity index is 930. The van der Waals surface area contributed by atoms with Gasteiger partial charge in [0.1, 0.15) is 12.7 Å². The average molecular weight is 362 g/mol. The molecule has 3 rings (SSSR count). The molecule has 0 fully saturated rings. The maximum absolute atomic E-state index is 12.4. The second kappa shape index (κ2) is 8.57. The molecule has 0 saturated carbocycles. The molecule has 1 N–H and O–H groups in total. The van der Waals surface area contributed by atoms with Crippen LogP contribution in [0, 0.1) is 0 Å². The fourth-order valence-electron chi connectivity index (χ4n) is 2.34. The highest BCUT2D eigenvalue weighted by Gasteiger charge is 2.07. The van der Waals surface area contributed by atoms with Crippen molar-refractivity contribution in [2.45, 2.75) is 6.92 Å². The van der Waals surface area contributed by atoms with Gasteiger partial charge in [-0.25, -0.2) is 14.5 Å². The number of hydrogen-bond acceptors (Lipinski definition) is 5. The summed E-state index contributed by atoms with van der Waals surface area (Å²) >= 11 is 0. The van der Waals surface area contributed by atoms with E-state index in [9.17, 15) is 9.59 Å². The fourth-order valence-corrected chi connectivity index (χ4v) is 2.34. The van der Waals surface area contributed by atoms with Crippen LogP contribution in [-0.2, 0) is 9.53 Å². The lowest BCUT2D eigenvalue weighted by molar-refractivity contribution is -0.137. The number of nitrogens with zero attached hydrogens (tertiary/aromatic N) is 3. The molecular weight excluding hydrogens is 344 g/mol. The molecule has 27 heavy (non-hydrogen) atoms. The molecule has 0 radical (unpaired) electrons. The summed E-state index contributed by atoms with van der Waals surface area (Å²) in [5, 5.41) is 6.88. The number of hydrogen-bond donors (Lipinski definition) is 1. The molecule has 0 aliphatic heterocycles. The summed E-state index contributed by atoms with van der Waals surface area (Å²) in [6.07, 6.45) is 6.07. The van der Waals surface area contributed by atoms with Crippen molar-refractivity contribution in [3.8, 4) is 5.69 Å². The summed E-state index contributed by atoms with van der Waals surface area (Å²) < 4.78 is 6.44. The van der Waals surface area contributed by atoms with Crippen molar-refractivity contribution in [1.82, 2.24) is 14.8 Å². The van der Waals surface area contributed by atoms with Crippen LogP contribution in [-0.4, -0.2) is 33.2 Å². The van der Waals surface area contributed by atoms with Crippen molar-refractivity contribution in [2.24, 2.45) is 0 Å². The van der Waals surface area contributed by atoms with Gasteiger partial charge >= 0.3 is 5.97 Å². The minimum atomic E-state index is -0.385. The van der Waals surface area contributed by atoms with Gasteiger partial charge in [-0.1, -0.05) is 12.1 Å². The molecule has 0 bridgehead atoms. The van der Waals surface area contributed by atoms with Crippen LogP contribution in [0.15, 0.2) is 67.3 Å². The number of ether oxygens (including phenoxy) is 1. The van der Waals surface area contributed by atoms with Gasteiger partial charge in [-0.15, -0.1) is 0 Å². The standard InChI is InChI=1S/C20H18N4O3/c1-2-27-19(25)12-5-15-3-8-17(9-4-15)23-20(26)16-6-10-18(11-7-16)24-14-21-13-22-24/h3-14H,2H2,1H3,(H,23,26)/b12-5+. The van der Waals surface area contributed by atoms with E-state index < -0.39 is 0 Å². The summed E-state index contributed by atoms with van der Waals surface area (Å²) in [5.41, 5.74) is 2.85. The summed E-state index contributed by atoms with van der Waals surface area (Å²) in [7, 11) is 0. The third-order valence-electron chi connectivity index (χ3n) is 3.68. The molecule has 1 aromatic heterocycles. The van der Waals surface area contributed by atoms with Gasteiger partial charge in [0.15, 0.2) is 0 Å². The van der Waals surface area contributed by atoms with Crippen LogP contribution in [0.5, 0.6) is 0 Å². The van der Waals surface area contributed by atoms with E-state index in [0.717, 1.165) is 11.3 Å². The first-order chi connectivity index (χ1) is 13.2. The molecular formula is C20H18N4O3. The number of amides is 1. The zero-order chi connectivity index (χ0) is 19.1. The molecule has 0 unspecified atom stereocenters. The van der Waals surface area contributed by atoms with E-state index in [1.165, 1.54) is 12.4 Å². The van der Waals surface area contributed by atoms with Gasteiger partial charge in [-0.3, -0.25) is 4.79 Å². The van der Waals surface area contributed by atoms with Crippen LogP contribution >= 0.6 is 0 Å². The van der Waals surface area contributed by atoms with E-state index in [0.29, 0.717) is 17.9 Å². The Kier molecular flexibility index (Phi) is 5.73. The van der Waals surface area contributed by atoms with Gasteiger partial charge in [0.05, 0.1) is 12.3 Å². The number of nitrogens with one attached hydrogen (secondary N) is 1. The Morgan fingerprint density at radius 3 is 2.48 bits per heavy atom. The van der Waals surface area contributed by atoms with Gasteiger partial charge in [0.2, 0.25) is 0 Å². The Labute approximate surface area is 156 Å². The highest BCUT2D eigenvalue weighted by Crippen LogP contribution is 2.14. The van der Waals surface area contributed by atoms with Crippen LogP contribution < -0.4 is 5.32 Å². The molecule has 2 aromatic carbocycles.